The van der Waals surface area contributed by atoms with Crippen LogP contribution in [0.25, 0.3) is 0 Å². The summed E-state index contributed by atoms with van der Waals surface area (Å²) in [5.74, 6) is -0.423. The lowest BCUT2D eigenvalue weighted by Gasteiger charge is -2.09. The number of alkyl halides is 3. The van der Waals surface area contributed by atoms with Gasteiger partial charge in [0.1, 0.15) is 0 Å². The van der Waals surface area contributed by atoms with Crippen molar-refractivity contribution in [3.8, 4) is 0 Å². The number of rotatable bonds is 6. The molecule has 0 unspecified atom stereocenters. The molecule has 0 bridgehead atoms. The largest absolute Gasteiger partial charge is 0.416 e. The zero-order chi connectivity index (χ0) is 18.4. The van der Waals surface area contributed by atoms with Crippen LogP contribution in [0.4, 0.5) is 13.2 Å². The Morgan fingerprint density at radius 2 is 1.76 bits per heavy atom. The molecule has 0 spiro atoms. The Morgan fingerprint density at radius 3 is 2.40 bits per heavy atom. The van der Waals surface area contributed by atoms with Crippen LogP contribution in [0.3, 0.4) is 0 Å². The molecule has 0 aliphatic rings. The van der Waals surface area contributed by atoms with Gasteiger partial charge in [-0.25, -0.2) is 0 Å². The Morgan fingerprint density at radius 1 is 1.08 bits per heavy atom. The molecule has 2 aromatic rings. The van der Waals surface area contributed by atoms with E-state index in [1.54, 1.807) is 16.8 Å². The number of hydrogen-bond donors (Lipinski definition) is 1. The molecule has 134 valence electrons. The summed E-state index contributed by atoms with van der Waals surface area (Å²) < 4.78 is 39.8. The third-order valence-corrected chi connectivity index (χ3v) is 4.00. The molecule has 0 fully saturated rings. The fourth-order valence-electron chi connectivity index (χ4n) is 2.20. The maximum atomic E-state index is 12.5. The highest BCUT2D eigenvalue weighted by Crippen LogP contribution is 2.29. The summed E-state index contributed by atoms with van der Waals surface area (Å²) in [6.07, 6.45) is -1.39. The molecule has 1 amide bonds. The maximum Gasteiger partial charge on any atom is 0.416 e. The van der Waals surface area contributed by atoms with Crippen LogP contribution in [0.5, 0.6) is 0 Å². The Kier molecular flexibility index (Phi) is 6.41. The third-order valence-electron chi connectivity index (χ3n) is 3.53. The number of nitrogens with zero attached hydrogens (tertiary/aromatic N) is 1. The number of halogens is 4. The number of aromatic nitrogens is 1. The van der Waals surface area contributed by atoms with E-state index < -0.39 is 17.6 Å². The topological polar surface area (TPSA) is 51.1 Å². The molecule has 1 aromatic heterocycles. The predicted molar refractivity (Wildman–Crippen MR) is 91.4 cm³/mol. The zero-order valence-electron chi connectivity index (χ0n) is 13.1. The molecule has 0 radical (unpaired) electrons. The lowest BCUT2D eigenvalue weighted by molar-refractivity contribution is -0.137. The number of hydrogen-bond acceptors (Lipinski definition) is 2. The minimum atomic E-state index is -4.42. The predicted octanol–water partition coefficient (Wildman–Crippen LogP) is 3.84. The monoisotopic (exact) mass is 416 g/mol. The Balaban J connectivity index is 1.77. The van der Waals surface area contributed by atoms with Crippen molar-refractivity contribution >= 4 is 21.8 Å². The van der Waals surface area contributed by atoms with Gasteiger partial charge in [0.25, 0.3) is 11.5 Å². The summed E-state index contributed by atoms with van der Waals surface area (Å²) in [5.41, 5.74) is -0.711. The van der Waals surface area contributed by atoms with Crippen LogP contribution in [0.15, 0.2) is 51.9 Å². The quantitative estimate of drug-likeness (QED) is 0.727. The molecular weight excluding hydrogens is 401 g/mol. The minimum Gasteiger partial charge on any atom is -0.352 e. The van der Waals surface area contributed by atoms with E-state index in [0.29, 0.717) is 25.9 Å². The molecule has 0 saturated heterocycles. The Bertz CT molecular complexity index is 786. The molecule has 1 N–H and O–H groups in total. The minimum absolute atomic E-state index is 0.100. The number of carbonyl (C=O) groups excluding carboxylic acids is 1. The van der Waals surface area contributed by atoms with Crippen molar-refractivity contribution in [2.75, 3.05) is 6.54 Å². The number of benzene rings is 1. The van der Waals surface area contributed by atoms with E-state index >= 15 is 0 Å². The summed E-state index contributed by atoms with van der Waals surface area (Å²) in [7, 11) is 0. The van der Waals surface area contributed by atoms with E-state index in [-0.39, 0.29) is 11.1 Å². The average molecular weight is 417 g/mol. The maximum absolute atomic E-state index is 12.5. The number of carbonyl (C=O) groups is 1. The Hall–Kier alpha value is -2.09. The summed E-state index contributed by atoms with van der Waals surface area (Å²) >= 11 is 3.29. The summed E-state index contributed by atoms with van der Waals surface area (Å²) in [6.45, 7) is 0.900. The molecule has 4 nitrogen and oxygen atoms in total. The first-order valence-electron chi connectivity index (χ1n) is 7.59. The molecule has 1 heterocycles. The van der Waals surface area contributed by atoms with Gasteiger partial charge in [-0.05, 0) is 59.1 Å². The van der Waals surface area contributed by atoms with Gasteiger partial charge < -0.3 is 9.88 Å². The van der Waals surface area contributed by atoms with Crippen molar-refractivity contribution < 1.29 is 18.0 Å². The fraction of sp³-hybridized carbons (Fsp3) is 0.294. The lowest BCUT2D eigenvalue weighted by atomic mass is 10.1. The van der Waals surface area contributed by atoms with Crippen molar-refractivity contribution in [2.45, 2.75) is 25.6 Å². The fourth-order valence-corrected chi connectivity index (χ4v) is 2.58. The SMILES string of the molecule is O=C(NCCCCn1cc(Br)ccc1=O)c1ccc(C(F)(F)F)cc1. The van der Waals surface area contributed by atoms with Gasteiger partial charge in [0.2, 0.25) is 0 Å². The van der Waals surface area contributed by atoms with Crippen LogP contribution >= 0.6 is 15.9 Å². The van der Waals surface area contributed by atoms with Crippen LogP contribution in [0.2, 0.25) is 0 Å². The van der Waals surface area contributed by atoms with Gasteiger partial charge in [-0.3, -0.25) is 9.59 Å². The third kappa shape index (κ3) is 5.74. The molecule has 25 heavy (non-hydrogen) atoms. The van der Waals surface area contributed by atoms with Crippen molar-refractivity contribution in [1.82, 2.24) is 9.88 Å². The van der Waals surface area contributed by atoms with Crippen LogP contribution in [-0.4, -0.2) is 17.0 Å². The van der Waals surface area contributed by atoms with Gasteiger partial charge >= 0.3 is 6.18 Å². The zero-order valence-corrected chi connectivity index (χ0v) is 14.7. The molecule has 8 heteroatoms. The molecule has 2 rings (SSSR count). The standard InChI is InChI=1S/C17H16BrF3N2O2/c18-14-7-8-15(24)23(11-14)10-2-1-9-22-16(25)12-3-5-13(6-4-12)17(19,20)21/h3-8,11H,1-2,9-10H2,(H,22,25). The number of unbranched alkanes of at least 4 members (excludes halogenated alkanes) is 1. The van der Waals surface area contributed by atoms with Crippen molar-refractivity contribution in [3.05, 3.63) is 68.5 Å². The smallest absolute Gasteiger partial charge is 0.352 e. The number of nitrogens with one attached hydrogen (secondary N) is 1. The second-order valence-corrected chi connectivity index (χ2v) is 6.33. The average Bonchev–Trinajstić information content (AvgIpc) is 2.56. The van der Waals surface area contributed by atoms with Gasteiger partial charge in [0.15, 0.2) is 0 Å². The highest BCUT2D eigenvalue weighted by Gasteiger charge is 2.30. The molecule has 0 aliphatic heterocycles. The number of amides is 1. The highest BCUT2D eigenvalue weighted by molar-refractivity contribution is 9.10. The van der Waals surface area contributed by atoms with E-state index in [2.05, 4.69) is 21.2 Å². The molecule has 1 aromatic carbocycles. The van der Waals surface area contributed by atoms with Crippen LogP contribution in [-0.2, 0) is 12.7 Å². The van der Waals surface area contributed by atoms with E-state index in [0.717, 1.165) is 28.7 Å². The van der Waals surface area contributed by atoms with E-state index in [1.165, 1.54) is 6.07 Å². The van der Waals surface area contributed by atoms with Crippen LogP contribution in [0.1, 0.15) is 28.8 Å². The highest BCUT2D eigenvalue weighted by atomic mass is 79.9. The summed E-state index contributed by atoms with van der Waals surface area (Å²) in [6, 6.07) is 7.21. The van der Waals surface area contributed by atoms with Crippen LogP contribution in [0, 0.1) is 0 Å². The van der Waals surface area contributed by atoms with Crippen molar-refractivity contribution in [2.24, 2.45) is 0 Å². The normalized spacial score (nSPS) is 11.4. The van der Waals surface area contributed by atoms with E-state index in [4.69, 9.17) is 0 Å². The molecular formula is C17H16BrF3N2O2. The number of aryl methyl sites for hydroxylation is 1. The second-order valence-electron chi connectivity index (χ2n) is 5.42. The van der Waals surface area contributed by atoms with Crippen molar-refractivity contribution in [3.63, 3.8) is 0 Å². The first-order chi connectivity index (χ1) is 11.8. The van der Waals surface area contributed by atoms with E-state index in [1.807, 2.05) is 0 Å². The van der Waals surface area contributed by atoms with Gasteiger partial charge in [-0.2, -0.15) is 13.2 Å². The van der Waals surface area contributed by atoms with Gasteiger partial charge in [0, 0.05) is 35.4 Å². The lowest BCUT2D eigenvalue weighted by Crippen LogP contribution is -2.25. The first kappa shape index (κ1) is 19.2. The molecule has 0 atom stereocenters. The summed E-state index contributed by atoms with van der Waals surface area (Å²) in [4.78, 5) is 23.5. The van der Waals surface area contributed by atoms with Crippen LogP contribution < -0.4 is 10.9 Å². The van der Waals surface area contributed by atoms with Crippen molar-refractivity contribution in [1.29, 1.82) is 0 Å². The van der Waals surface area contributed by atoms with Gasteiger partial charge in [-0.1, -0.05) is 0 Å². The van der Waals surface area contributed by atoms with E-state index in [9.17, 15) is 22.8 Å². The molecule has 0 aliphatic carbocycles. The first-order valence-corrected chi connectivity index (χ1v) is 8.38. The Labute approximate surface area is 150 Å². The summed E-state index contributed by atoms with van der Waals surface area (Å²) in [5, 5.41) is 2.65. The second kappa shape index (κ2) is 8.33. The number of pyridine rings is 1. The van der Waals surface area contributed by atoms with Gasteiger partial charge in [-0.15, -0.1) is 0 Å². The van der Waals surface area contributed by atoms with Gasteiger partial charge in [0.05, 0.1) is 5.56 Å². The molecule has 0 saturated carbocycles.